The van der Waals surface area contributed by atoms with Crippen LogP contribution in [0.15, 0.2) is 53.7 Å². The number of aromatic nitrogens is 4. The minimum atomic E-state index is -4.77. The fourth-order valence-corrected chi connectivity index (χ4v) is 3.21. The maximum absolute atomic E-state index is 12.3. The number of ether oxygens (including phenoxy) is 2. The summed E-state index contributed by atoms with van der Waals surface area (Å²) in [7, 11) is 0. The van der Waals surface area contributed by atoms with E-state index in [0.29, 0.717) is 22.2 Å². The van der Waals surface area contributed by atoms with Crippen LogP contribution in [0.5, 0.6) is 11.5 Å². The van der Waals surface area contributed by atoms with E-state index in [4.69, 9.17) is 4.74 Å². The number of alkyl halides is 3. The van der Waals surface area contributed by atoms with E-state index in [9.17, 15) is 23.1 Å². The third-order valence-corrected chi connectivity index (χ3v) is 4.93. The van der Waals surface area contributed by atoms with Crippen molar-refractivity contribution in [2.75, 3.05) is 12.4 Å². The first kappa shape index (κ1) is 22.6. The van der Waals surface area contributed by atoms with Gasteiger partial charge in [0.25, 0.3) is 0 Å². The van der Waals surface area contributed by atoms with Gasteiger partial charge >= 0.3 is 6.36 Å². The van der Waals surface area contributed by atoms with Crippen LogP contribution in [0, 0.1) is 0 Å². The SMILES string of the molecule is CC(=O)c1ccc(OCC(O)CSc2nnnn2-c2ccc(OC(F)(F)F)cc2)cc1. The van der Waals surface area contributed by atoms with Gasteiger partial charge in [-0.05, 0) is 65.9 Å². The zero-order chi connectivity index (χ0) is 22.4. The number of tetrazole rings is 1. The van der Waals surface area contributed by atoms with Gasteiger partial charge in [-0.15, -0.1) is 18.3 Å². The Labute approximate surface area is 179 Å². The number of rotatable bonds is 9. The smallest absolute Gasteiger partial charge is 0.491 e. The molecule has 1 N–H and O–H groups in total. The summed E-state index contributed by atoms with van der Waals surface area (Å²) in [4.78, 5) is 11.3. The lowest BCUT2D eigenvalue weighted by molar-refractivity contribution is -0.274. The molecule has 3 aromatic rings. The molecule has 1 heterocycles. The van der Waals surface area contributed by atoms with Crippen molar-refractivity contribution in [3.05, 3.63) is 54.1 Å². The van der Waals surface area contributed by atoms with E-state index in [-0.39, 0.29) is 23.9 Å². The predicted octanol–water partition coefficient (Wildman–Crippen LogP) is 3.30. The Balaban J connectivity index is 1.53. The van der Waals surface area contributed by atoms with Gasteiger partial charge < -0.3 is 14.6 Å². The minimum Gasteiger partial charge on any atom is -0.491 e. The summed E-state index contributed by atoms with van der Waals surface area (Å²) in [6.45, 7) is 1.48. The van der Waals surface area contributed by atoms with Crippen LogP contribution >= 0.6 is 11.8 Å². The molecule has 164 valence electrons. The summed E-state index contributed by atoms with van der Waals surface area (Å²) in [5.41, 5.74) is 0.992. The number of hydrogen-bond acceptors (Lipinski definition) is 8. The number of carbonyl (C=O) groups excluding carboxylic acids is 1. The molecule has 0 aliphatic heterocycles. The van der Waals surface area contributed by atoms with E-state index in [1.54, 1.807) is 24.3 Å². The van der Waals surface area contributed by atoms with Gasteiger partial charge in [-0.25, -0.2) is 0 Å². The molecule has 0 radical (unpaired) electrons. The molecule has 0 saturated heterocycles. The average Bonchev–Trinajstić information content (AvgIpc) is 3.19. The molecule has 3 rings (SSSR count). The second kappa shape index (κ2) is 9.79. The molecule has 0 aliphatic carbocycles. The van der Waals surface area contributed by atoms with Crippen LogP contribution in [0.2, 0.25) is 0 Å². The zero-order valence-electron chi connectivity index (χ0n) is 16.1. The van der Waals surface area contributed by atoms with Gasteiger partial charge in [-0.1, -0.05) is 11.8 Å². The molecule has 8 nitrogen and oxygen atoms in total. The Bertz CT molecular complexity index is 1010. The molecule has 2 aromatic carbocycles. The largest absolute Gasteiger partial charge is 0.573 e. The van der Waals surface area contributed by atoms with Crippen molar-refractivity contribution < 1.29 is 32.5 Å². The third kappa shape index (κ3) is 6.69. The highest BCUT2D eigenvalue weighted by atomic mass is 32.2. The van der Waals surface area contributed by atoms with Crippen molar-refractivity contribution in [2.24, 2.45) is 0 Å². The molecular weight excluding hydrogens is 437 g/mol. The summed E-state index contributed by atoms with van der Waals surface area (Å²) in [5, 5.41) is 21.7. The molecule has 12 heteroatoms. The molecule has 0 bridgehead atoms. The van der Waals surface area contributed by atoms with Gasteiger partial charge in [-0.2, -0.15) is 4.68 Å². The van der Waals surface area contributed by atoms with Crippen molar-refractivity contribution in [1.82, 2.24) is 20.2 Å². The van der Waals surface area contributed by atoms with Crippen LogP contribution in [-0.4, -0.2) is 55.9 Å². The van der Waals surface area contributed by atoms with Crippen LogP contribution in [0.4, 0.5) is 13.2 Å². The van der Waals surface area contributed by atoms with Crippen LogP contribution < -0.4 is 9.47 Å². The number of Topliss-reactive ketones (excluding diaryl/α,β-unsaturated/α-hetero) is 1. The summed E-state index contributed by atoms with van der Waals surface area (Å²) in [5.74, 6) is 0.312. The quantitative estimate of drug-likeness (QED) is 0.389. The number of aliphatic hydroxyl groups is 1. The Morgan fingerprint density at radius 3 is 2.39 bits per heavy atom. The van der Waals surface area contributed by atoms with Crippen LogP contribution in [-0.2, 0) is 0 Å². The number of carbonyl (C=O) groups is 1. The minimum absolute atomic E-state index is 0.0114. The fourth-order valence-electron chi connectivity index (χ4n) is 2.42. The normalized spacial score (nSPS) is 12.4. The first-order chi connectivity index (χ1) is 14.7. The maximum atomic E-state index is 12.3. The van der Waals surface area contributed by atoms with Gasteiger partial charge in [0.05, 0.1) is 11.8 Å². The number of benzene rings is 2. The number of nitrogens with zero attached hydrogens (tertiary/aromatic N) is 4. The molecule has 0 amide bonds. The second-order valence-corrected chi connectivity index (χ2v) is 7.26. The topological polar surface area (TPSA) is 99.4 Å². The lowest BCUT2D eigenvalue weighted by Crippen LogP contribution is -2.20. The lowest BCUT2D eigenvalue weighted by Gasteiger charge is -2.12. The zero-order valence-corrected chi connectivity index (χ0v) is 16.9. The summed E-state index contributed by atoms with van der Waals surface area (Å²) in [6, 6.07) is 11.6. The highest BCUT2D eigenvalue weighted by molar-refractivity contribution is 7.99. The number of ketones is 1. The van der Waals surface area contributed by atoms with Gasteiger partial charge in [-0.3, -0.25) is 4.79 Å². The highest BCUT2D eigenvalue weighted by Crippen LogP contribution is 2.25. The van der Waals surface area contributed by atoms with Gasteiger partial charge in [0.1, 0.15) is 18.1 Å². The van der Waals surface area contributed by atoms with Crippen LogP contribution in [0.1, 0.15) is 17.3 Å². The Kier molecular flexibility index (Phi) is 7.13. The summed E-state index contributed by atoms with van der Waals surface area (Å²) in [6.07, 6.45) is -5.62. The highest BCUT2D eigenvalue weighted by Gasteiger charge is 2.31. The van der Waals surface area contributed by atoms with E-state index in [0.717, 1.165) is 23.9 Å². The second-order valence-electron chi connectivity index (χ2n) is 6.27. The summed E-state index contributed by atoms with van der Waals surface area (Å²) >= 11 is 1.15. The maximum Gasteiger partial charge on any atom is 0.573 e. The van der Waals surface area contributed by atoms with Crippen molar-refractivity contribution in [3.8, 4) is 17.2 Å². The molecule has 0 fully saturated rings. The number of halogens is 3. The van der Waals surface area contributed by atoms with E-state index >= 15 is 0 Å². The molecule has 31 heavy (non-hydrogen) atoms. The van der Waals surface area contributed by atoms with Crippen molar-refractivity contribution in [3.63, 3.8) is 0 Å². The van der Waals surface area contributed by atoms with Crippen molar-refractivity contribution in [1.29, 1.82) is 0 Å². The Morgan fingerprint density at radius 1 is 1.13 bits per heavy atom. The average molecular weight is 454 g/mol. The van der Waals surface area contributed by atoms with Crippen molar-refractivity contribution >= 4 is 17.5 Å². The number of aliphatic hydroxyl groups excluding tert-OH is 1. The molecule has 0 aliphatic rings. The lowest BCUT2D eigenvalue weighted by atomic mass is 10.1. The Hall–Kier alpha value is -3.12. The Morgan fingerprint density at radius 2 is 1.77 bits per heavy atom. The summed E-state index contributed by atoms with van der Waals surface area (Å²) < 4.78 is 47.5. The van der Waals surface area contributed by atoms with Crippen LogP contribution in [0.25, 0.3) is 5.69 Å². The first-order valence-corrected chi connectivity index (χ1v) is 9.89. The predicted molar refractivity (Wildman–Crippen MR) is 105 cm³/mol. The van der Waals surface area contributed by atoms with E-state index in [2.05, 4.69) is 20.3 Å². The molecule has 1 atom stereocenters. The molecule has 0 spiro atoms. The van der Waals surface area contributed by atoms with E-state index in [1.807, 2.05) is 0 Å². The van der Waals surface area contributed by atoms with Crippen molar-refractivity contribution in [2.45, 2.75) is 24.5 Å². The van der Waals surface area contributed by atoms with Gasteiger partial charge in [0.2, 0.25) is 5.16 Å². The molecule has 1 unspecified atom stereocenters. The molecule has 1 aromatic heterocycles. The number of hydrogen-bond donors (Lipinski definition) is 1. The van der Waals surface area contributed by atoms with Gasteiger partial charge in [0, 0.05) is 11.3 Å². The standard InChI is InChI=1S/C19H17F3N4O4S/c1-12(27)13-2-6-16(7-3-13)29-10-15(28)11-31-18-23-24-25-26(18)14-4-8-17(9-5-14)30-19(20,21)22/h2-9,15,28H,10-11H2,1H3. The van der Waals surface area contributed by atoms with E-state index in [1.165, 1.54) is 23.7 Å². The fraction of sp³-hybridized carbons (Fsp3) is 0.263. The third-order valence-electron chi connectivity index (χ3n) is 3.86. The molecular formula is C19H17F3N4O4S. The van der Waals surface area contributed by atoms with E-state index < -0.39 is 12.5 Å². The monoisotopic (exact) mass is 454 g/mol. The molecule has 0 saturated carbocycles. The van der Waals surface area contributed by atoms with Crippen LogP contribution in [0.3, 0.4) is 0 Å². The van der Waals surface area contributed by atoms with Gasteiger partial charge in [0.15, 0.2) is 5.78 Å². The number of thioether (sulfide) groups is 1. The first-order valence-electron chi connectivity index (χ1n) is 8.90.